The van der Waals surface area contributed by atoms with Crippen LogP contribution in [-0.4, -0.2) is 25.4 Å². The minimum absolute atomic E-state index is 0.183. The molecule has 0 aliphatic carbocycles. The van der Waals surface area contributed by atoms with E-state index in [1.54, 1.807) is 53.6 Å². The van der Waals surface area contributed by atoms with Crippen LogP contribution in [0.3, 0.4) is 0 Å². The lowest BCUT2D eigenvalue weighted by Gasteiger charge is -2.09. The summed E-state index contributed by atoms with van der Waals surface area (Å²) >= 11 is 6.30. The van der Waals surface area contributed by atoms with E-state index in [1.807, 2.05) is 12.1 Å². The second kappa shape index (κ2) is 7.66. The van der Waals surface area contributed by atoms with Crippen molar-refractivity contribution >= 4 is 34.1 Å². The largest absolute Gasteiger partial charge is 0.326 e. The Bertz CT molecular complexity index is 1200. The van der Waals surface area contributed by atoms with E-state index in [0.717, 1.165) is 5.69 Å². The van der Waals surface area contributed by atoms with Crippen molar-refractivity contribution in [3.05, 3.63) is 82.4 Å². The molecule has 2 N–H and O–H groups in total. The zero-order valence-corrected chi connectivity index (χ0v) is 15.5. The predicted molar refractivity (Wildman–Crippen MR) is 108 cm³/mol. The molecule has 2 aromatic carbocycles. The molecule has 0 atom stereocenters. The highest BCUT2D eigenvalue weighted by Crippen LogP contribution is 2.24. The van der Waals surface area contributed by atoms with Crippen molar-refractivity contribution in [1.29, 1.82) is 0 Å². The van der Waals surface area contributed by atoms with Gasteiger partial charge in [0, 0.05) is 30.9 Å². The number of H-pyrrole nitrogens is 1. The van der Waals surface area contributed by atoms with Crippen LogP contribution >= 0.6 is 11.6 Å². The lowest BCUT2D eigenvalue weighted by atomic mass is 10.2. The summed E-state index contributed by atoms with van der Waals surface area (Å²) in [6.07, 6.45) is 5.61. The number of fused-ring (bicyclic) bond motifs is 1. The van der Waals surface area contributed by atoms with Gasteiger partial charge in [-0.25, -0.2) is 9.97 Å². The van der Waals surface area contributed by atoms with Crippen LogP contribution in [-0.2, 0) is 11.2 Å². The van der Waals surface area contributed by atoms with Gasteiger partial charge in [0.05, 0.1) is 27.9 Å². The fourth-order valence-corrected chi connectivity index (χ4v) is 3.18. The summed E-state index contributed by atoms with van der Waals surface area (Å²) < 4.78 is 1.79. The molecule has 0 spiro atoms. The SMILES string of the molecule is O=C(CCc1nc2ccccc2c(=O)[nH]1)Nc1ccc(-n2ccnc2)c(Cl)c1. The van der Waals surface area contributed by atoms with Gasteiger partial charge in [0.25, 0.3) is 5.56 Å². The average Bonchev–Trinajstić information content (AvgIpc) is 3.21. The predicted octanol–water partition coefficient (Wildman–Crippen LogP) is 3.33. The van der Waals surface area contributed by atoms with Crippen molar-refractivity contribution in [2.45, 2.75) is 12.8 Å². The van der Waals surface area contributed by atoms with E-state index in [0.29, 0.717) is 33.9 Å². The van der Waals surface area contributed by atoms with Gasteiger partial charge in [-0.2, -0.15) is 0 Å². The van der Waals surface area contributed by atoms with Crippen molar-refractivity contribution < 1.29 is 4.79 Å². The minimum Gasteiger partial charge on any atom is -0.326 e. The van der Waals surface area contributed by atoms with Crippen molar-refractivity contribution in [3.8, 4) is 5.69 Å². The Balaban J connectivity index is 1.42. The maximum Gasteiger partial charge on any atom is 0.258 e. The van der Waals surface area contributed by atoms with Gasteiger partial charge < -0.3 is 14.9 Å². The van der Waals surface area contributed by atoms with Crippen LogP contribution in [0.2, 0.25) is 5.02 Å². The number of aryl methyl sites for hydroxylation is 1. The van der Waals surface area contributed by atoms with Gasteiger partial charge in [-0.15, -0.1) is 0 Å². The fraction of sp³-hybridized carbons (Fsp3) is 0.100. The number of aromatic nitrogens is 4. The lowest BCUT2D eigenvalue weighted by Crippen LogP contribution is -2.16. The molecule has 8 heteroatoms. The molecule has 1 amide bonds. The van der Waals surface area contributed by atoms with Crippen molar-refractivity contribution in [2.75, 3.05) is 5.32 Å². The molecule has 0 saturated carbocycles. The zero-order valence-electron chi connectivity index (χ0n) is 14.7. The molecule has 0 fully saturated rings. The van der Waals surface area contributed by atoms with E-state index < -0.39 is 0 Å². The zero-order chi connectivity index (χ0) is 19.5. The molecule has 28 heavy (non-hydrogen) atoms. The maximum absolute atomic E-state index is 12.3. The Morgan fingerprint density at radius 2 is 2.07 bits per heavy atom. The van der Waals surface area contributed by atoms with Crippen molar-refractivity contribution in [3.63, 3.8) is 0 Å². The van der Waals surface area contributed by atoms with Crippen LogP contribution in [0, 0.1) is 0 Å². The summed E-state index contributed by atoms with van der Waals surface area (Å²) in [6.45, 7) is 0. The number of nitrogens with zero attached hydrogens (tertiary/aromatic N) is 3. The number of hydrogen-bond acceptors (Lipinski definition) is 4. The summed E-state index contributed by atoms with van der Waals surface area (Å²) in [5.74, 6) is 0.287. The van der Waals surface area contributed by atoms with Crippen molar-refractivity contribution in [1.82, 2.24) is 19.5 Å². The molecule has 0 bridgehead atoms. The van der Waals surface area contributed by atoms with E-state index >= 15 is 0 Å². The average molecular weight is 394 g/mol. The molecular weight excluding hydrogens is 378 g/mol. The second-order valence-corrected chi connectivity index (χ2v) is 6.62. The van der Waals surface area contributed by atoms with E-state index in [-0.39, 0.29) is 17.9 Å². The number of para-hydroxylation sites is 1. The number of anilines is 1. The van der Waals surface area contributed by atoms with E-state index in [1.165, 1.54) is 0 Å². The number of carbonyl (C=O) groups excluding carboxylic acids is 1. The van der Waals surface area contributed by atoms with E-state index in [2.05, 4.69) is 20.3 Å². The first kappa shape index (κ1) is 17.9. The number of amides is 1. The Morgan fingerprint density at radius 3 is 2.86 bits per heavy atom. The number of imidazole rings is 1. The first-order valence-corrected chi connectivity index (χ1v) is 9.03. The minimum atomic E-state index is -0.206. The molecule has 0 aliphatic rings. The molecule has 4 rings (SSSR count). The van der Waals surface area contributed by atoms with Crippen LogP contribution in [0.25, 0.3) is 16.6 Å². The highest BCUT2D eigenvalue weighted by atomic mass is 35.5. The van der Waals surface area contributed by atoms with Gasteiger partial charge in [-0.05, 0) is 30.3 Å². The first-order chi connectivity index (χ1) is 13.6. The first-order valence-electron chi connectivity index (χ1n) is 8.66. The number of nitrogens with one attached hydrogen (secondary N) is 2. The summed E-state index contributed by atoms with van der Waals surface area (Å²) in [5.41, 5.74) is 1.78. The van der Waals surface area contributed by atoms with Crippen LogP contribution in [0.15, 0.2) is 66.0 Å². The normalized spacial score (nSPS) is 10.9. The number of halogens is 1. The molecule has 0 saturated heterocycles. The van der Waals surface area contributed by atoms with Gasteiger partial charge in [-0.3, -0.25) is 9.59 Å². The van der Waals surface area contributed by atoms with E-state index in [4.69, 9.17) is 11.6 Å². The maximum atomic E-state index is 12.3. The Labute approximate surface area is 165 Å². The highest BCUT2D eigenvalue weighted by Gasteiger charge is 2.09. The number of carbonyl (C=O) groups is 1. The van der Waals surface area contributed by atoms with Gasteiger partial charge in [0.2, 0.25) is 5.91 Å². The summed E-state index contributed by atoms with van der Waals surface area (Å²) in [4.78, 5) is 35.5. The Hall–Kier alpha value is -3.45. The highest BCUT2D eigenvalue weighted by molar-refractivity contribution is 6.32. The standard InChI is InChI=1S/C20H16ClN5O2/c21-15-11-13(5-6-17(15)26-10-9-22-12-26)23-19(27)8-7-18-24-16-4-2-1-3-14(16)20(28)25-18/h1-6,9-12H,7-8H2,(H,23,27)(H,24,25,28). The van der Waals surface area contributed by atoms with Crippen LogP contribution in [0.4, 0.5) is 5.69 Å². The van der Waals surface area contributed by atoms with Crippen LogP contribution in [0.5, 0.6) is 0 Å². The molecule has 140 valence electrons. The number of benzene rings is 2. The fourth-order valence-electron chi connectivity index (χ4n) is 2.90. The van der Waals surface area contributed by atoms with Gasteiger partial charge in [0.1, 0.15) is 5.82 Å². The van der Waals surface area contributed by atoms with Gasteiger partial charge >= 0.3 is 0 Å². The molecule has 0 radical (unpaired) electrons. The lowest BCUT2D eigenvalue weighted by molar-refractivity contribution is -0.116. The second-order valence-electron chi connectivity index (χ2n) is 6.21. The summed E-state index contributed by atoms with van der Waals surface area (Å²) in [6, 6.07) is 12.4. The topological polar surface area (TPSA) is 92.7 Å². The smallest absolute Gasteiger partial charge is 0.258 e. The summed E-state index contributed by atoms with van der Waals surface area (Å²) in [7, 11) is 0. The number of hydrogen-bond donors (Lipinski definition) is 2. The van der Waals surface area contributed by atoms with Crippen LogP contribution in [0.1, 0.15) is 12.2 Å². The number of rotatable bonds is 5. The molecule has 4 aromatic rings. The summed E-state index contributed by atoms with van der Waals surface area (Å²) in [5, 5.41) is 3.84. The van der Waals surface area contributed by atoms with Crippen LogP contribution < -0.4 is 10.9 Å². The third-order valence-electron chi connectivity index (χ3n) is 4.26. The molecule has 7 nitrogen and oxygen atoms in total. The van der Waals surface area contributed by atoms with Crippen molar-refractivity contribution in [2.24, 2.45) is 0 Å². The number of aromatic amines is 1. The molecule has 0 unspecified atom stereocenters. The molecule has 2 heterocycles. The Kier molecular flexibility index (Phi) is 4.90. The molecular formula is C20H16ClN5O2. The van der Waals surface area contributed by atoms with E-state index in [9.17, 15) is 9.59 Å². The monoisotopic (exact) mass is 393 g/mol. The van der Waals surface area contributed by atoms with Gasteiger partial charge in [0.15, 0.2) is 0 Å². The molecule has 2 aromatic heterocycles. The Morgan fingerprint density at radius 1 is 1.21 bits per heavy atom. The third-order valence-corrected chi connectivity index (χ3v) is 4.57. The van der Waals surface area contributed by atoms with Gasteiger partial charge in [-0.1, -0.05) is 23.7 Å². The quantitative estimate of drug-likeness (QED) is 0.544. The molecule has 0 aliphatic heterocycles. The third kappa shape index (κ3) is 3.79.